The highest BCUT2D eigenvalue weighted by Crippen LogP contribution is 2.29. The van der Waals surface area contributed by atoms with E-state index in [9.17, 15) is 4.79 Å². The first-order valence-corrected chi connectivity index (χ1v) is 8.87. The van der Waals surface area contributed by atoms with E-state index in [4.69, 9.17) is 0 Å². The van der Waals surface area contributed by atoms with Gasteiger partial charge in [-0.3, -0.25) is 4.79 Å². The number of carbonyl (C=O) groups excluding carboxylic acids is 1. The lowest BCUT2D eigenvalue weighted by Crippen LogP contribution is -2.45. The van der Waals surface area contributed by atoms with E-state index in [0.29, 0.717) is 6.04 Å². The molecule has 1 aromatic rings. The highest BCUT2D eigenvalue weighted by Gasteiger charge is 2.32. The normalized spacial score (nSPS) is 20.7. The van der Waals surface area contributed by atoms with Crippen molar-refractivity contribution in [3.8, 4) is 0 Å². The monoisotopic (exact) mass is 353 g/mol. The second kappa shape index (κ2) is 6.53. The maximum Gasteiger partial charge on any atom is 0.268 e. The molecule has 0 radical (unpaired) electrons. The second-order valence-corrected chi connectivity index (χ2v) is 7.17. The molecule has 5 heteroatoms. The summed E-state index contributed by atoms with van der Waals surface area (Å²) in [5, 5.41) is 3.22. The minimum Gasteiger partial charge on any atom is -0.348 e. The minimum absolute atomic E-state index is 0.0685. The fourth-order valence-corrected chi connectivity index (χ4v) is 3.66. The molecule has 21 heavy (non-hydrogen) atoms. The summed E-state index contributed by atoms with van der Waals surface area (Å²) in [7, 11) is 0. The number of amides is 1. The lowest BCUT2D eigenvalue weighted by atomic mass is 10.0. The molecule has 1 saturated heterocycles. The van der Waals surface area contributed by atoms with Crippen LogP contribution in [0.25, 0.3) is 0 Å². The Labute approximate surface area is 135 Å². The van der Waals surface area contributed by atoms with Crippen LogP contribution in [0.3, 0.4) is 0 Å². The molecule has 2 fully saturated rings. The molecule has 2 aliphatic rings. The fraction of sp³-hybridized carbons (Fsp3) is 0.688. The molecule has 0 spiro atoms. The van der Waals surface area contributed by atoms with Crippen LogP contribution >= 0.6 is 15.9 Å². The van der Waals surface area contributed by atoms with Crippen LogP contribution in [0.1, 0.15) is 49.5 Å². The Hall–Kier alpha value is -0.810. The predicted molar refractivity (Wildman–Crippen MR) is 87.5 cm³/mol. The third-order valence-electron chi connectivity index (χ3n) is 4.49. The summed E-state index contributed by atoms with van der Waals surface area (Å²) >= 11 is 3.47. The summed E-state index contributed by atoms with van der Waals surface area (Å²) in [6, 6.07) is 3.10. The van der Waals surface area contributed by atoms with Gasteiger partial charge in [0.25, 0.3) is 5.91 Å². The van der Waals surface area contributed by atoms with E-state index in [-0.39, 0.29) is 5.91 Å². The van der Waals surface area contributed by atoms with Crippen LogP contribution in [0.5, 0.6) is 0 Å². The number of nitrogens with one attached hydrogen (secondary N) is 1. The number of nitrogens with zero attached hydrogens (tertiary/aromatic N) is 2. The average molecular weight is 354 g/mol. The van der Waals surface area contributed by atoms with Crippen LogP contribution in [0, 0.1) is 0 Å². The molecule has 0 unspecified atom stereocenters. The van der Waals surface area contributed by atoms with E-state index < -0.39 is 0 Å². The van der Waals surface area contributed by atoms with Crippen LogP contribution in [0.4, 0.5) is 0 Å². The quantitative estimate of drug-likeness (QED) is 0.883. The molecule has 116 valence electrons. The largest absolute Gasteiger partial charge is 0.348 e. The van der Waals surface area contributed by atoms with Gasteiger partial charge in [-0.05, 0) is 54.1 Å². The predicted octanol–water partition coefficient (Wildman–Crippen LogP) is 3.02. The van der Waals surface area contributed by atoms with Crippen molar-refractivity contribution >= 4 is 21.8 Å². The SMILES string of the molecule is CCCn1cc(Br)cc1C(=O)NC1CCN(C2CC2)CC1. The Balaban J connectivity index is 1.56. The van der Waals surface area contributed by atoms with Crippen LogP contribution in [0.2, 0.25) is 0 Å². The molecule has 0 aromatic carbocycles. The van der Waals surface area contributed by atoms with Gasteiger partial charge < -0.3 is 14.8 Å². The summed E-state index contributed by atoms with van der Waals surface area (Å²) in [6.45, 7) is 5.28. The highest BCUT2D eigenvalue weighted by atomic mass is 79.9. The number of aryl methyl sites for hydroxylation is 1. The van der Waals surface area contributed by atoms with Crippen LogP contribution in [0.15, 0.2) is 16.7 Å². The van der Waals surface area contributed by atoms with Gasteiger partial charge in [0, 0.05) is 42.4 Å². The Bertz CT molecular complexity index is 502. The molecule has 1 N–H and O–H groups in total. The first kappa shape index (κ1) is 15.1. The fourth-order valence-electron chi connectivity index (χ4n) is 3.20. The summed E-state index contributed by atoms with van der Waals surface area (Å²) in [6.07, 6.45) is 7.93. The summed E-state index contributed by atoms with van der Waals surface area (Å²) in [5.41, 5.74) is 0.772. The Morgan fingerprint density at radius 3 is 2.67 bits per heavy atom. The van der Waals surface area contributed by atoms with E-state index in [1.54, 1.807) is 0 Å². The van der Waals surface area contributed by atoms with E-state index >= 15 is 0 Å². The van der Waals surface area contributed by atoms with Gasteiger partial charge in [0.05, 0.1) is 0 Å². The number of hydrogen-bond donors (Lipinski definition) is 1. The number of likely N-dealkylation sites (tertiary alicyclic amines) is 1. The maximum absolute atomic E-state index is 12.5. The van der Waals surface area contributed by atoms with Crippen LogP contribution < -0.4 is 5.32 Å². The average Bonchev–Trinajstić information content (AvgIpc) is 3.24. The van der Waals surface area contributed by atoms with E-state index in [1.165, 1.54) is 12.8 Å². The molecule has 1 aliphatic heterocycles. The van der Waals surface area contributed by atoms with Gasteiger partial charge in [0.1, 0.15) is 5.69 Å². The molecule has 1 aromatic heterocycles. The summed E-state index contributed by atoms with van der Waals surface area (Å²) in [4.78, 5) is 15.1. The van der Waals surface area contributed by atoms with Gasteiger partial charge in [-0.2, -0.15) is 0 Å². The third kappa shape index (κ3) is 3.69. The lowest BCUT2D eigenvalue weighted by molar-refractivity contribution is 0.0899. The van der Waals surface area contributed by atoms with Crippen molar-refractivity contribution in [2.75, 3.05) is 13.1 Å². The smallest absolute Gasteiger partial charge is 0.268 e. The second-order valence-electron chi connectivity index (χ2n) is 6.25. The van der Waals surface area contributed by atoms with Crippen molar-refractivity contribution in [3.63, 3.8) is 0 Å². The van der Waals surface area contributed by atoms with Crippen molar-refractivity contribution in [3.05, 3.63) is 22.4 Å². The number of hydrogen-bond acceptors (Lipinski definition) is 2. The molecular weight excluding hydrogens is 330 g/mol. The zero-order valence-electron chi connectivity index (χ0n) is 12.6. The molecule has 1 saturated carbocycles. The molecule has 0 atom stereocenters. The minimum atomic E-state index is 0.0685. The Morgan fingerprint density at radius 2 is 2.05 bits per heavy atom. The molecular formula is C16H24BrN3O. The van der Waals surface area contributed by atoms with Gasteiger partial charge in [0.2, 0.25) is 0 Å². The summed E-state index contributed by atoms with van der Waals surface area (Å²) < 4.78 is 3.02. The van der Waals surface area contributed by atoms with E-state index in [2.05, 4.69) is 33.1 Å². The maximum atomic E-state index is 12.5. The van der Waals surface area contributed by atoms with Crippen molar-refractivity contribution in [2.24, 2.45) is 0 Å². The third-order valence-corrected chi connectivity index (χ3v) is 4.92. The van der Waals surface area contributed by atoms with Crippen molar-refractivity contribution < 1.29 is 4.79 Å². The zero-order chi connectivity index (χ0) is 14.8. The van der Waals surface area contributed by atoms with Crippen molar-refractivity contribution in [1.29, 1.82) is 0 Å². The van der Waals surface area contributed by atoms with Gasteiger partial charge in [-0.1, -0.05) is 6.92 Å². The van der Waals surface area contributed by atoms with Gasteiger partial charge in [-0.25, -0.2) is 0 Å². The van der Waals surface area contributed by atoms with E-state index in [0.717, 1.165) is 55.1 Å². The van der Waals surface area contributed by atoms with Crippen LogP contribution in [-0.4, -0.2) is 40.5 Å². The zero-order valence-corrected chi connectivity index (χ0v) is 14.2. The molecule has 2 heterocycles. The number of aromatic nitrogens is 1. The van der Waals surface area contributed by atoms with E-state index in [1.807, 2.05) is 16.8 Å². The number of rotatable bonds is 5. The molecule has 1 amide bonds. The summed E-state index contributed by atoms with van der Waals surface area (Å²) in [5.74, 6) is 0.0685. The lowest BCUT2D eigenvalue weighted by Gasteiger charge is -2.32. The van der Waals surface area contributed by atoms with Crippen molar-refractivity contribution in [2.45, 2.75) is 57.7 Å². The number of carbonyl (C=O) groups is 1. The number of piperidine rings is 1. The van der Waals surface area contributed by atoms with Gasteiger partial charge in [-0.15, -0.1) is 0 Å². The highest BCUT2D eigenvalue weighted by molar-refractivity contribution is 9.10. The Kier molecular flexibility index (Phi) is 4.69. The molecule has 4 nitrogen and oxygen atoms in total. The standard InChI is InChI=1S/C16H24BrN3O/c1-2-7-20-11-12(17)10-15(20)16(21)18-13-5-8-19(9-6-13)14-3-4-14/h10-11,13-14H,2-9H2,1H3,(H,18,21). The first-order chi connectivity index (χ1) is 10.2. The van der Waals surface area contributed by atoms with Crippen LogP contribution in [-0.2, 0) is 6.54 Å². The molecule has 3 rings (SSSR count). The Morgan fingerprint density at radius 1 is 1.33 bits per heavy atom. The number of halogens is 1. The van der Waals surface area contributed by atoms with Crippen molar-refractivity contribution in [1.82, 2.24) is 14.8 Å². The molecule has 0 bridgehead atoms. The topological polar surface area (TPSA) is 37.3 Å². The molecule has 1 aliphatic carbocycles. The first-order valence-electron chi connectivity index (χ1n) is 8.08. The van der Waals surface area contributed by atoms with Gasteiger partial charge >= 0.3 is 0 Å². The van der Waals surface area contributed by atoms with Gasteiger partial charge in [0.15, 0.2) is 0 Å².